The lowest BCUT2D eigenvalue weighted by atomic mass is 9.75. The van der Waals surface area contributed by atoms with Crippen molar-refractivity contribution in [3.05, 3.63) is 0 Å². The molecular formula is C19H15F27O2. The maximum absolute atomic E-state index is 14.4. The van der Waals surface area contributed by atoms with Crippen molar-refractivity contribution in [2.75, 3.05) is 13.2 Å². The van der Waals surface area contributed by atoms with E-state index in [-0.39, 0.29) is 4.70 Å². The third kappa shape index (κ3) is 6.86. The molecule has 2 nitrogen and oxygen atoms in total. The first-order valence-electron chi connectivity index (χ1n) is 11.0. The quantitative estimate of drug-likeness (QED) is 0.168. The van der Waals surface area contributed by atoms with Gasteiger partial charge in [-0.1, -0.05) is 13.8 Å². The maximum atomic E-state index is 14.4. The van der Waals surface area contributed by atoms with Crippen LogP contribution in [0.3, 0.4) is 0 Å². The van der Waals surface area contributed by atoms with Gasteiger partial charge in [-0.05, 0) is 6.42 Å². The summed E-state index contributed by atoms with van der Waals surface area (Å²) in [4.78, 5) is 0. The van der Waals surface area contributed by atoms with Gasteiger partial charge in [-0.25, -0.2) is 0 Å². The van der Waals surface area contributed by atoms with Crippen LogP contribution in [0.5, 0.6) is 0 Å². The molecule has 1 unspecified atom stereocenters. The summed E-state index contributed by atoms with van der Waals surface area (Å²) in [6.07, 6.45) is -21.3. The molecule has 0 radical (unpaired) electrons. The van der Waals surface area contributed by atoms with Crippen LogP contribution < -0.4 is 0 Å². The Morgan fingerprint density at radius 2 is 0.667 bits per heavy atom. The van der Waals surface area contributed by atoms with Gasteiger partial charge in [0, 0.05) is 5.41 Å². The zero-order valence-electron chi connectivity index (χ0n) is 22.3. The summed E-state index contributed by atoms with van der Waals surface area (Å²) >= 11 is 0. The number of aliphatic hydroxyl groups excluding tert-OH is 1. The van der Waals surface area contributed by atoms with E-state index >= 15 is 0 Å². The smallest absolute Gasteiger partial charge is 0.391 e. The molecule has 1 atom stereocenters. The van der Waals surface area contributed by atoms with E-state index in [2.05, 4.69) is 4.74 Å². The number of ether oxygens (including phenoxy) is 1. The molecule has 0 aromatic heterocycles. The van der Waals surface area contributed by atoms with Crippen molar-refractivity contribution < 1.29 is 129 Å². The average Bonchev–Trinajstić information content (AvgIpc) is 2.80. The summed E-state index contributed by atoms with van der Waals surface area (Å²) in [5.41, 5.74) is -4.29. The maximum Gasteiger partial charge on any atom is 0.460 e. The van der Waals surface area contributed by atoms with E-state index < -0.39 is 117 Å². The van der Waals surface area contributed by atoms with E-state index in [9.17, 15) is 119 Å². The molecule has 0 fully saturated rings. The molecule has 0 bridgehead atoms. The molecule has 29 heteroatoms. The monoisotopic (exact) mass is 788 g/mol. The first kappa shape index (κ1) is 48.1. The fraction of sp³-hybridized carbons (Fsp3) is 1.00. The minimum Gasteiger partial charge on any atom is -0.391 e. The molecule has 0 spiro atoms. The zero-order chi connectivity index (χ0) is 38.9. The van der Waals surface area contributed by atoms with Crippen molar-refractivity contribution in [3.8, 4) is 0 Å². The Kier molecular flexibility index (Phi) is 12.7. The first-order valence-corrected chi connectivity index (χ1v) is 11.0. The first-order chi connectivity index (χ1) is 19.9. The van der Waals surface area contributed by atoms with Crippen LogP contribution in [-0.4, -0.2) is 96.0 Å². The average molecular weight is 788 g/mol. The van der Waals surface area contributed by atoms with Crippen molar-refractivity contribution in [1.29, 1.82) is 0 Å². The largest absolute Gasteiger partial charge is 0.460 e. The predicted molar refractivity (Wildman–Crippen MR) is 99.3 cm³/mol. The molecule has 48 heavy (non-hydrogen) atoms. The Hall–Kier alpha value is -1.97. The molecule has 292 valence electrons. The SMILES string of the molecule is CC(C)(CC(O)COCC(F)(F)C(F)(F)C(F)(F)C(F)(F)C(F)(F)C(F)(F)F)C(F)(F)C(F)(F)C(F)(F)C(F)(F)C(F)(F)C(F)(F)F.F. The number of halogens is 27. The second-order valence-electron chi connectivity index (χ2n) is 10.1. The van der Waals surface area contributed by atoms with Crippen LogP contribution in [0.1, 0.15) is 20.3 Å². The summed E-state index contributed by atoms with van der Waals surface area (Å²) in [6, 6.07) is 0. The summed E-state index contributed by atoms with van der Waals surface area (Å²) < 4.78 is 346. The Morgan fingerprint density at radius 3 is 0.958 bits per heavy atom. The summed E-state index contributed by atoms with van der Waals surface area (Å²) in [5.74, 6) is -79.5. The highest BCUT2D eigenvalue weighted by atomic mass is 19.4. The van der Waals surface area contributed by atoms with Crippen molar-refractivity contribution in [1.82, 2.24) is 0 Å². The number of aliphatic hydroxyl groups is 1. The van der Waals surface area contributed by atoms with Gasteiger partial charge in [0.2, 0.25) is 0 Å². The van der Waals surface area contributed by atoms with Crippen molar-refractivity contribution in [2.45, 2.75) is 98.0 Å². The van der Waals surface area contributed by atoms with Crippen molar-refractivity contribution in [2.24, 2.45) is 5.41 Å². The molecule has 0 saturated carbocycles. The van der Waals surface area contributed by atoms with Gasteiger partial charge in [0.15, 0.2) is 0 Å². The van der Waals surface area contributed by atoms with Crippen LogP contribution in [-0.2, 0) is 4.74 Å². The van der Waals surface area contributed by atoms with Gasteiger partial charge in [-0.2, -0.15) is 114 Å². The van der Waals surface area contributed by atoms with E-state index in [4.69, 9.17) is 0 Å². The minimum atomic E-state index is -8.36. The molecule has 0 aromatic carbocycles. The Balaban J connectivity index is 0. The molecule has 0 heterocycles. The summed E-state index contributed by atoms with van der Waals surface area (Å²) in [7, 11) is 0. The van der Waals surface area contributed by atoms with Crippen LogP contribution in [0, 0.1) is 5.41 Å². The van der Waals surface area contributed by atoms with Crippen LogP contribution in [0.2, 0.25) is 0 Å². The van der Waals surface area contributed by atoms with E-state index in [1.807, 2.05) is 0 Å². The van der Waals surface area contributed by atoms with E-state index in [1.165, 1.54) is 0 Å². The lowest BCUT2D eigenvalue weighted by Gasteiger charge is -2.45. The van der Waals surface area contributed by atoms with E-state index in [1.54, 1.807) is 0 Å². The van der Waals surface area contributed by atoms with Gasteiger partial charge < -0.3 is 9.84 Å². The van der Waals surface area contributed by atoms with E-state index in [0.29, 0.717) is 0 Å². The third-order valence-corrected chi connectivity index (χ3v) is 6.12. The molecule has 0 aliphatic rings. The third-order valence-electron chi connectivity index (χ3n) is 6.12. The van der Waals surface area contributed by atoms with Gasteiger partial charge in [-0.3, -0.25) is 4.70 Å². The molecule has 0 aromatic rings. The molecule has 1 N–H and O–H groups in total. The predicted octanol–water partition coefficient (Wildman–Crippen LogP) is 9.41. The standard InChI is InChI=1S/C19H14F26O2.FH/c1-7(2,9(22,23)11(26,27)13(30,31)15(34,35)17(38,39)19(43,44)45)3-6(46)4-47-5-8(20,21)10(24,25)12(28,29)14(32,33)16(36,37)18(40,41)42;/h6,46H,3-5H2,1-2H3;1H. The van der Waals surface area contributed by atoms with Crippen LogP contribution in [0.15, 0.2) is 0 Å². The number of alkyl halides is 26. The van der Waals surface area contributed by atoms with Gasteiger partial charge in [-0.15, -0.1) is 0 Å². The molecule has 0 amide bonds. The van der Waals surface area contributed by atoms with Gasteiger partial charge in [0.25, 0.3) is 0 Å². The van der Waals surface area contributed by atoms with Crippen molar-refractivity contribution >= 4 is 0 Å². The molecule has 0 saturated heterocycles. The van der Waals surface area contributed by atoms with Crippen LogP contribution in [0.25, 0.3) is 0 Å². The van der Waals surface area contributed by atoms with Gasteiger partial charge in [0.1, 0.15) is 6.61 Å². The fourth-order valence-corrected chi connectivity index (χ4v) is 3.19. The minimum absolute atomic E-state index is 0. The summed E-state index contributed by atoms with van der Waals surface area (Å²) in [6.45, 7) is -6.88. The Bertz CT molecular complexity index is 1080. The lowest BCUT2D eigenvalue weighted by molar-refractivity contribution is -0.447. The van der Waals surface area contributed by atoms with Crippen molar-refractivity contribution in [3.63, 3.8) is 0 Å². The number of rotatable bonds is 15. The normalized spacial score (nSPS) is 16.9. The molecule has 0 aliphatic carbocycles. The number of hydrogen-bond acceptors (Lipinski definition) is 2. The lowest BCUT2D eigenvalue weighted by Crippen LogP contribution is -2.72. The molecular weight excluding hydrogens is 773 g/mol. The Morgan fingerprint density at radius 1 is 0.417 bits per heavy atom. The van der Waals surface area contributed by atoms with Crippen LogP contribution >= 0.6 is 0 Å². The number of hydrogen-bond donors (Lipinski definition) is 1. The highest BCUT2D eigenvalue weighted by Crippen LogP contribution is 2.64. The van der Waals surface area contributed by atoms with Crippen LogP contribution in [0.4, 0.5) is 119 Å². The van der Waals surface area contributed by atoms with Gasteiger partial charge >= 0.3 is 71.6 Å². The highest BCUT2D eigenvalue weighted by molar-refractivity contribution is 5.13. The van der Waals surface area contributed by atoms with Gasteiger partial charge in [0.05, 0.1) is 12.7 Å². The zero-order valence-corrected chi connectivity index (χ0v) is 22.3. The Labute approximate surface area is 246 Å². The fourth-order valence-electron chi connectivity index (χ4n) is 3.19. The molecule has 0 rings (SSSR count). The molecule has 0 aliphatic heterocycles. The van der Waals surface area contributed by atoms with E-state index in [0.717, 1.165) is 0 Å². The summed E-state index contributed by atoms with van der Waals surface area (Å²) in [5, 5.41) is 9.47. The topological polar surface area (TPSA) is 29.5 Å². The highest BCUT2D eigenvalue weighted by Gasteiger charge is 2.92. The second-order valence-corrected chi connectivity index (χ2v) is 10.1. The second kappa shape index (κ2) is 12.7.